The lowest BCUT2D eigenvalue weighted by atomic mass is 10.1. The van der Waals surface area contributed by atoms with Crippen LogP contribution in [0.4, 0.5) is 0 Å². The van der Waals surface area contributed by atoms with E-state index in [0.29, 0.717) is 12.0 Å². The van der Waals surface area contributed by atoms with Crippen LogP contribution in [0.3, 0.4) is 0 Å². The van der Waals surface area contributed by atoms with Crippen molar-refractivity contribution in [2.45, 2.75) is 57.6 Å². The Bertz CT molecular complexity index is 270. The van der Waals surface area contributed by atoms with E-state index >= 15 is 0 Å². The maximum atomic E-state index is 12.3. The van der Waals surface area contributed by atoms with Crippen molar-refractivity contribution in [1.29, 1.82) is 0 Å². The maximum absolute atomic E-state index is 12.3. The molecule has 2 heterocycles. The highest BCUT2D eigenvalue weighted by atomic mass is 35.5. The molecule has 5 heteroatoms. The monoisotopic (exact) mass is 290 g/mol. The number of carbonyl (C=O) groups is 1. The average Bonchev–Trinajstić information content (AvgIpc) is 2.82. The Morgan fingerprint density at radius 1 is 1.26 bits per heavy atom. The van der Waals surface area contributed by atoms with Crippen LogP contribution in [-0.2, 0) is 9.53 Å². The SMILES string of the molecule is CCCOC1CCCN(C(=O)C2CCCN2)CC1.Cl. The number of ether oxygens (including phenoxy) is 1. The van der Waals surface area contributed by atoms with E-state index in [1.807, 2.05) is 4.90 Å². The minimum absolute atomic E-state index is 0. The second-order valence-electron chi connectivity index (χ2n) is 5.40. The molecule has 19 heavy (non-hydrogen) atoms. The van der Waals surface area contributed by atoms with E-state index in [2.05, 4.69) is 12.2 Å². The van der Waals surface area contributed by atoms with E-state index in [0.717, 1.165) is 64.8 Å². The van der Waals surface area contributed by atoms with Gasteiger partial charge in [0.05, 0.1) is 12.1 Å². The van der Waals surface area contributed by atoms with Crippen LogP contribution in [0, 0.1) is 0 Å². The summed E-state index contributed by atoms with van der Waals surface area (Å²) < 4.78 is 5.81. The van der Waals surface area contributed by atoms with Gasteiger partial charge in [0.2, 0.25) is 5.91 Å². The van der Waals surface area contributed by atoms with Gasteiger partial charge in [0.15, 0.2) is 0 Å². The first-order valence-electron chi connectivity index (χ1n) is 7.45. The van der Waals surface area contributed by atoms with Gasteiger partial charge in [-0.3, -0.25) is 4.79 Å². The number of nitrogens with one attached hydrogen (secondary N) is 1. The zero-order valence-electron chi connectivity index (χ0n) is 11.9. The molecule has 0 saturated carbocycles. The zero-order chi connectivity index (χ0) is 12.8. The lowest BCUT2D eigenvalue weighted by Gasteiger charge is -2.24. The summed E-state index contributed by atoms with van der Waals surface area (Å²) in [6, 6.07) is 0.0816. The highest BCUT2D eigenvalue weighted by molar-refractivity contribution is 5.85. The first-order chi connectivity index (χ1) is 8.81. The summed E-state index contributed by atoms with van der Waals surface area (Å²) in [5, 5.41) is 3.30. The fraction of sp³-hybridized carbons (Fsp3) is 0.929. The summed E-state index contributed by atoms with van der Waals surface area (Å²) in [6.45, 7) is 5.75. The number of likely N-dealkylation sites (tertiary alicyclic amines) is 1. The highest BCUT2D eigenvalue weighted by Gasteiger charge is 2.28. The quantitative estimate of drug-likeness (QED) is 0.861. The molecule has 2 aliphatic heterocycles. The minimum Gasteiger partial charge on any atom is -0.378 e. The molecule has 0 spiro atoms. The van der Waals surface area contributed by atoms with Crippen molar-refractivity contribution < 1.29 is 9.53 Å². The molecule has 0 aromatic rings. The van der Waals surface area contributed by atoms with Gasteiger partial charge in [-0.05, 0) is 45.1 Å². The second-order valence-corrected chi connectivity index (χ2v) is 5.40. The molecule has 2 unspecified atom stereocenters. The standard InChI is InChI=1S/C14H26N2O2.ClH/c1-2-11-18-12-5-4-9-16(10-7-12)14(17)13-6-3-8-15-13;/h12-13,15H,2-11H2,1H3;1H. The molecule has 2 rings (SSSR count). The van der Waals surface area contributed by atoms with Crippen molar-refractivity contribution in [2.24, 2.45) is 0 Å². The number of carbonyl (C=O) groups excluding carboxylic acids is 1. The third kappa shape index (κ3) is 4.93. The number of hydrogen-bond donors (Lipinski definition) is 1. The lowest BCUT2D eigenvalue weighted by Crippen LogP contribution is -2.44. The van der Waals surface area contributed by atoms with Crippen LogP contribution in [0.1, 0.15) is 45.4 Å². The lowest BCUT2D eigenvalue weighted by molar-refractivity contribution is -0.133. The number of amides is 1. The van der Waals surface area contributed by atoms with Crippen molar-refractivity contribution in [2.75, 3.05) is 26.2 Å². The number of rotatable bonds is 4. The Hall–Kier alpha value is -0.320. The van der Waals surface area contributed by atoms with Gasteiger partial charge in [-0.1, -0.05) is 6.92 Å². The summed E-state index contributed by atoms with van der Waals surface area (Å²) in [5.74, 6) is 0.309. The molecule has 0 aliphatic carbocycles. The van der Waals surface area contributed by atoms with Crippen LogP contribution in [-0.4, -0.2) is 49.2 Å². The first kappa shape index (κ1) is 16.7. The molecule has 2 saturated heterocycles. The van der Waals surface area contributed by atoms with Crippen LogP contribution in [0.25, 0.3) is 0 Å². The predicted octanol–water partition coefficient (Wildman–Crippen LogP) is 1.97. The third-order valence-corrected chi connectivity index (χ3v) is 3.90. The number of hydrogen-bond acceptors (Lipinski definition) is 3. The summed E-state index contributed by atoms with van der Waals surface area (Å²) in [4.78, 5) is 14.3. The third-order valence-electron chi connectivity index (χ3n) is 3.90. The Morgan fingerprint density at radius 3 is 2.79 bits per heavy atom. The highest BCUT2D eigenvalue weighted by Crippen LogP contribution is 2.17. The summed E-state index contributed by atoms with van der Waals surface area (Å²) >= 11 is 0. The molecule has 2 atom stereocenters. The Labute approximate surface area is 122 Å². The van der Waals surface area contributed by atoms with Gasteiger partial charge in [0, 0.05) is 19.7 Å². The Morgan fingerprint density at radius 2 is 2.11 bits per heavy atom. The molecule has 0 aromatic carbocycles. The zero-order valence-corrected chi connectivity index (χ0v) is 12.7. The summed E-state index contributed by atoms with van der Waals surface area (Å²) in [6.07, 6.45) is 6.75. The number of halogens is 1. The van der Waals surface area contributed by atoms with Gasteiger partial charge in [-0.15, -0.1) is 12.4 Å². The molecule has 1 amide bonds. The van der Waals surface area contributed by atoms with Crippen molar-refractivity contribution >= 4 is 18.3 Å². The molecule has 0 radical (unpaired) electrons. The van der Waals surface area contributed by atoms with Gasteiger partial charge in [0.1, 0.15) is 0 Å². The van der Waals surface area contributed by atoms with Gasteiger partial charge in [0.25, 0.3) is 0 Å². The van der Waals surface area contributed by atoms with Gasteiger partial charge in [-0.25, -0.2) is 0 Å². The molecular weight excluding hydrogens is 264 g/mol. The Kier molecular flexibility index (Phi) is 7.73. The van der Waals surface area contributed by atoms with Crippen molar-refractivity contribution in [3.8, 4) is 0 Å². The van der Waals surface area contributed by atoms with E-state index in [1.54, 1.807) is 0 Å². The number of nitrogens with zero attached hydrogens (tertiary/aromatic N) is 1. The summed E-state index contributed by atoms with van der Waals surface area (Å²) in [5.41, 5.74) is 0. The largest absolute Gasteiger partial charge is 0.378 e. The Balaban J connectivity index is 0.00000180. The minimum atomic E-state index is 0. The van der Waals surface area contributed by atoms with Crippen LogP contribution >= 0.6 is 12.4 Å². The predicted molar refractivity (Wildman–Crippen MR) is 78.7 cm³/mol. The van der Waals surface area contributed by atoms with E-state index in [1.165, 1.54) is 0 Å². The van der Waals surface area contributed by atoms with Crippen molar-refractivity contribution in [1.82, 2.24) is 10.2 Å². The molecule has 0 aromatic heterocycles. The topological polar surface area (TPSA) is 41.6 Å². The van der Waals surface area contributed by atoms with E-state index in [9.17, 15) is 4.79 Å². The van der Waals surface area contributed by atoms with Crippen LogP contribution in [0.15, 0.2) is 0 Å². The fourth-order valence-corrected chi connectivity index (χ4v) is 2.85. The maximum Gasteiger partial charge on any atom is 0.239 e. The summed E-state index contributed by atoms with van der Waals surface area (Å²) in [7, 11) is 0. The van der Waals surface area contributed by atoms with Crippen LogP contribution in [0.2, 0.25) is 0 Å². The molecule has 4 nitrogen and oxygen atoms in total. The molecule has 2 fully saturated rings. The van der Waals surface area contributed by atoms with Crippen LogP contribution in [0.5, 0.6) is 0 Å². The average molecular weight is 291 g/mol. The fourth-order valence-electron chi connectivity index (χ4n) is 2.85. The van der Waals surface area contributed by atoms with E-state index in [4.69, 9.17) is 4.74 Å². The van der Waals surface area contributed by atoms with E-state index in [-0.39, 0.29) is 18.4 Å². The smallest absolute Gasteiger partial charge is 0.239 e. The second kappa shape index (κ2) is 8.77. The molecule has 1 N–H and O–H groups in total. The van der Waals surface area contributed by atoms with Gasteiger partial charge >= 0.3 is 0 Å². The molecule has 2 aliphatic rings. The van der Waals surface area contributed by atoms with Gasteiger partial charge < -0.3 is 15.0 Å². The van der Waals surface area contributed by atoms with Crippen LogP contribution < -0.4 is 5.32 Å². The van der Waals surface area contributed by atoms with Gasteiger partial charge in [-0.2, -0.15) is 0 Å². The molecule has 112 valence electrons. The molecular formula is C14H27ClN2O2. The normalized spacial score (nSPS) is 27.7. The first-order valence-corrected chi connectivity index (χ1v) is 7.45. The molecule has 0 bridgehead atoms. The van der Waals surface area contributed by atoms with E-state index < -0.39 is 0 Å². The van der Waals surface area contributed by atoms with Crippen molar-refractivity contribution in [3.63, 3.8) is 0 Å². The van der Waals surface area contributed by atoms with Crippen molar-refractivity contribution in [3.05, 3.63) is 0 Å².